The molecule has 0 aromatic rings. The van der Waals surface area contributed by atoms with E-state index < -0.39 is 0 Å². The third-order valence-electron chi connectivity index (χ3n) is 2.20. The molecule has 0 radical (unpaired) electrons. The Morgan fingerprint density at radius 3 is 2.36 bits per heavy atom. The Morgan fingerprint density at radius 2 is 1.79 bits per heavy atom. The molecule has 0 aromatic heterocycles. The molecule has 82 valence electrons. The zero-order chi connectivity index (χ0) is 10.8. The lowest BCUT2D eigenvalue weighted by atomic mass is 10.1. The average Bonchev–Trinajstić information content (AvgIpc) is 2.16. The standard InChI is InChI=1S/C11H21NO2/c1-10(11(12)14)8-6-4-2-3-5-7-9-13/h8,13H,2-7,9H2,1H3,(H2,12,14). The Morgan fingerprint density at radius 1 is 1.21 bits per heavy atom. The topological polar surface area (TPSA) is 63.3 Å². The molecule has 0 spiro atoms. The Labute approximate surface area is 86.0 Å². The van der Waals surface area contributed by atoms with Crippen molar-refractivity contribution in [2.75, 3.05) is 6.61 Å². The number of unbranched alkanes of at least 4 members (excludes halogenated alkanes) is 5. The van der Waals surface area contributed by atoms with E-state index in [0.717, 1.165) is 38.5 Å². The zero-order valence-electron chi connectivity index (χ0n) is 8.96. The molecule has 0 rings (SSSR count). The predicted octanol–water partition coefficient (Wildman–Crippen LogP) is 1.75. The van der Waals surface area contributed by atoms with E-state index in [0.29, 0.717) is 12.2 Å². The monoisotopic (exact) mass is 199 g/mol. The minimum absolute atomic E-state index is 0.292. The third kappa shape index (κ3) is 7.80. The van der Waals surface area contributed by atoms with Gasteiger partial charge in [0, 0.05) is 12.2 Å². The van der Waals surface area contributed by atoms with Crippen LogP contribution < -0.4 is 5.73 Å². The van der Waals surface area contributed by atoms with Crippen molar-refractivity contribution < 1.29 is 9.90 Å². The van der Waals surface area contributed by atoms with Crippen LogP contribution in [-0.2, 0) is 4.79 Å². The molecule has 3 heteroatoms. The fourth-order valence-electron chi connectivity index (χ4n) is 1.21. The van der Waals surface area contributed by atoms with Crippen LogP contribution in [0.25, 0.3) is 0 Å². The van der Waals surface area contributed by atoms with Crippen LogP contribution in [-0.4, -0.2) is 17.6 Å². The smallest absolute Gasteiger partial charge is 0.244 e. The molecule has 3 N–H and O–H groups in total. The molecule has 0 heterocycles. The van der Waals surface area contributed by atoms with E-state index in [9.17, 15) is 4.79 Å². The van der Waals surface area contributed by atoms with Crippen LogP contribution in [0.1, 0.15) is 45.4 Å². The third-order valence-corrected chi connectivity index (χ3v) is 2.20. The van der Waals surface area contributed by atoms with Crippen LogP contribution in [0.4, 0.5) is 0 Å². The molecule has 0 bridgehead atoms. The summed E-state index contributed by atoms with van der Waals surface area (Å²) in [6.45, 7) is 2.04. The molecule has 14 heavy (non-hydrogen) atoms. The maximum absolute atomic E-state index is 10.6. The molecule has 0 aliphatic heterocycles. The van der Waals surface area contributed by atoms with Crippen LogP contribution in [0.3, 0.4) is 0 Å². The second-order valence-corrected chi connectivity index (χ2v) is 3.53. The number of hydrogen-bond acceptors (Lipinski definition) is 2. The molecule has 0 saturated carbocycles. The van der Waals surface area contributed by atoms with Crippen molar-refractivity contribution >= 4 is 5.91 Å². The highest BCUT2D eigenvalue weighted by atomic mass is 16.2. The van der Waals surface area contributed by atoms with Gasteiger partial charge in [0.1, 0.15) is 0 Å². The Balaban J connectivity index is 3.29. The van der Waals surface area contributed by atoms with Crippen molar-refractivity contribution in [2.45, 2.75) is 45.4 Å². The molecule has 0 saturated heterocycles. The number of amides is 1. The van der Waals surface area contributed by atoms with Gasteiger partial charge in [0.25, 0.3) is 0 Å². The SMILES string of the molecule is CC(=CCCCCCCCO)C(N)=O. The van der Waals surface area contributed by atoms with Gasteiger partial charge in [-0.25, -0.2) is 0 Å². The number of aliphatic hydroxyl groups is 1. The molecule has 0 aliphatic carbocycles. The van der Waals surface area contributed by atoms with E-state index in [1.165, 1.54) is 0 Å². The van der Waals surface area contributed by atoms with Gasteiger partial charge in [-0.15, -0.1) is 0 Å². The van der Waals surface area contributed by atoms with Crippen LogP contribution >= 0.6 is 0 Å². The highest BCUT2D eigenvalue weighted by molar-refractivity contribution is 5.91. The molecule has 0 unspecified atom stereocenters. The first-order valence-corrected chi connectivity index (χ1v) is 5.26. The van der Waals surface area contributed by atoms with Crippen molar-refractivity contribution in [1.82, 2.24) is 0 Å². The quantitative estimate of drug-likeness (QED) is 0.462. The molecule has 3 nitrogen and oxygen atoms in total. The zero-order valence-corrected chi connectivity index (χ0v) is 8.96. The molecule has 0 aromatic carbocycles. The minimum Gasteiger partial charge on any atom is -0.396 e. The summed E-state index contributed by atoms with van der Waals surface area (Å²) < 4.78 is 0. The summed E-state index contributed by atoms with van der Waals surface area (Å²) in [5, 5.41) is 8.54. The lowest BCUT2D eigenvalue weighted by Crippen LogP contribution is -2.11. The van der Waals surface area contributed by atoms with Gasteiger partial charge >= 0.3 is 0 Å². The van der Waals surface area contributed by atoms with Crippen molar-refractivity contribution in [3.63, 3.8) is 0 Å². The highest BCUT2D eigenvalue weighted by Crippen LogP contribution is 2.06. The van der Waals surface area contributed by atoms with Gasteiger partial charge < -0.3 is 10.8 Å². The van der Waals surface area contributed by atoms with Crippen LogP contribution in [0.2, 0.25) is 0 Å². The number of carbonyl (C=O) groups is 1. The van der Waals surface area contributed by atoms with E-state index in [2.05, 4.69) is 0 Å². The Kier molecular flexibility index (Phi) is 8.24. The number of allylic oxidation sites excluding steroid dienone is 1. The average molecular weight is 199 g/mol. The largest absolute Gasteiger partial charge is 0.396 e. The number of carbonyl (C=O) groups excluding carboxylic acids is 1. The van der Waals surface area contributed by atoms with Crippen molar-refractivity contribution in [3.05, 3.63) is 11.6 Å². The molecular formula is C11H21NO2. The van der Waals surface area contributed by atoms with Crippen molar-refractivity contribution in [2.24, 2.45) is 5.73 Å². The van der Waals surface area contributed by atoms with Gasteiger partial charge in [0.15, 0.2) is 0 Å². The molecule has 0 aliphatic rings. The molecule has 0 atom stereocenters. The predicted molar refractivity (Wildman–Crippen MR) is 57.7 cm³/mol. The van der Waals surface area contributed by atoms with Crippen LogP contribution in [0, 0.1) is 0 Å². The van der Waals surface area contributed by atoms with Gasteiger partial charge in [-0.3, -0.25) is 4.79 Å². The summed E-state index contributed by atoms with van der Waals surface area (Å²) in [5.41, 5.74) is 5.73. The fourth-order valence-corrected chi connectivity index (χ4v) is 1.21. The van der Waals surface area contributed by atoms with Crippen LogP contribution in [0.5, 0.6) is 0 Å². The van der Waals surface area contributed by atoms with Gasteiger partial charge in [-0.2, -0.15) is 0 Å². The lowest BCUT2D eigenvalue weighted by molar-refractivity contribution is -0.114. The summed E-state index contributed by atoms with van der Waals surface area (Å²) in [5.74, 6) is -0.328. The van der Waals surface area contributed by atoms with Gasteiger partial charge in [0.2, 0.25) is 5.91 Å². The highest BCUT2D eigenvalue weighted by Gasteiger charge is 1.95. The minimum atomic E-state index is -0.328. The van der Waals surface area contributed by atoms with E-state index in [1.54, 1.807) is 6.92 Å². The number of aliphatic hydroxyl groups excluding tert-OH is 1. The number of hydrogen-bond donors (Lipinski definition) is 2. The van der Waals surface area contributed by atoms with Crippen molar-refractivity contribution in [1.29, 1.82) is 0 Å². The second-order valence-electron chi connectivity index (χ2n) is 3.53. The first-order valence-electron chi connectivity index (χ1n) is 5.26. The Bertz CT molecular complexity index is 188. The fraction of sp³-hybridized carbons (Fsp3) is 0.727. The Hall–Kier alpha value is -0.830. The van der Waals surface area contributed by atoms with Gasteiger partial charge in [-0.1, -0.05) is 25.3 Å². The van der Waals surface area contributed by atoms with Gasteiger partial charge in [0.05, 0.1) is 0 Å². The van der Waals surface area contributed by atoms with Gasteiger partial charge in [-0.05, 0) is 26.2 Å². The van der Waals surface area contributed by atoms with E-state index in [-0.39, 0.29) is 5.91 Å². The first kappa shape index (κ1) is 13.2. The maximum Gasteiger partial charge on any atom is 0.244 e. The summed E-state index contributed by atoms with van der Waals surface area (Å²) in [7, 11) is 0. The molecule has 1 amide bonds. The lowest BCUT2D eigenvalue weighted by Gasteiger charge is -1.98. The normalized spacial score (nSPS) is 11.7. The summed E-state index contributed by atoms with van der Waals surface area (Å²) in [4.78, 5) is 10.6. The van der Waals surface area contributed by atoms with Crippen molar-refractivity contribution in [3.8, 4) is 0 Å². The molecule has 0 fully saturated rings. The van der Waals surface area contributed by atoms with E-state index in [1.807, 2.05) is 6.08 Å². The number of rotatable bonds is 8. The summed E-state index contributed by atoms with van der Waals surface area (Å²) >= 11 is 0. The van der Waals surface area contributed by atoms with E-state index in [4.69, 9.17) is 10.8 Å². The van der Waals surface area contributed by atoms with Crippen LogP contribution in [0.15, 0.2) is 11.6 Å². The number of primary amides is 1. The van der Waals surface area contributed by atoms with E-state index >= 15 is 0 Å². The second kappa shape index (κ2) is 8.75. The first-order chi connectivity index (χ1) is 6.68. The summed E-state index contributed by atoms with van der Waals surface area (Å²) in [6.07, 6.45) is 8.22. The maximum atomic E-state index is 10.6. The molecular weight excluding hydrogens is 178 g/mol. The number of nitrogens with two attached hydrogens (primary N) is 1. The summed E-state index contributed by atoms with van der Waals surface area (Å²) in [6, 6.07) is 0.